The molecule has 82 valence electrons. The van der Waals surface area contributed by atoms with Gasteiger partial charge in [0.2, 0.25) is 0 Å². The molecule has 2 heterocycles. The number of aromatic amines is 1. The maximum atomic E-state index is 13.1. The van der Waals surface area contributed by atoms with Crippen LogP contribution in [0, 0.1) is 5.95 Å². The van der Waals surface area contributed by atoms with Crippen molar-refractivity contribution in [3.05, 3.63) is 5.95 Å². The van der Waals surface area contributed by atoms with E-state index in [9.17, 15) is 4.39 Å². The van der Waals surface area contributed by atoms with Gasteiger partial charge in [0.05, 0.1) is 11.2 Å². The average Bonchev–Trinajstić information content (AvgIpc) is 2.55. The molecule has 1 aliphatic heterocycles. The molecule has 0 saturated carbocycles. The Balaban J connectivity index is 2.27. The molecule has 1 fully saturated rings. The Morgan fingerprint density at radius 1 is 1.13 bits per heavy atom. The smallest absolute Gasteiger partial charge is 0.398 e. The molecule has 0 radical (unpaired) electrons. The van der Waals surface area contributed by atoms with E-state index >= 15 is 0 Å². The maximum Gasteiger partial charge on any atom is 0.521 e. The fourth-order valence-corrected chi connectivity index (χ4v) is 1.33. The highest BCUT2D eigenvalue weighted by Crippen LogP contribution is 2.36. The Hall–Kier alpha value is -0.945. The van der Waals surface area contributed by atoms with Gasteiger partial charge in [0.15, 0.2) is 0 Å². The van der Waals surface area contributed by atoms with E-state index in [0.29, 0.717) is 0 Å². The first kappa shape index (κ1) is 10.6. The van der Waals surface area contributed by atoms with Gasteiger partial charge in [0, 0.05) is 0 Å². The van der Waals surface area contributed by atoms with Crippen molar-refractivity contribution in [2.24, 2.45) is 0 Å². The van der Waals surface area contributed by atoms with Gasteiger partial charge >= 0.3 is 7.12 Å². The number of hydrogen-bond donors (Lipinski definition) is 1. The number of nitrogens with one attached hydrogen (secondary N) is 1. The van der Waals surface area contributed by atoms with E-state index < -0.39 is 24.3 Å². The zero-order valence-corrected chi connectivity index (χ0v) is 9.17. The molecule has 0 aliphatic carbocycles. The second kappa shape index (κ2) is 3.02. The van der Waals surface area contributed by atoms with Crippen LogP contribution in [0.5, 0.6) is 0 Å². The number of H-pyrrole nitrogens is 1. The van der Waals surface area contributed by atoms with E-state index in [1.54, 1.807) is 0 Å². The maximum absolute atomic E-state index is 13.1. The number of hydrogen-bond acceptors (Lipinski definition) is 4. The highest BCUT2D eigenvalue weighted by atomic mass is 19.1. The molecule has 2 rings (SSSR count). The third-order valence-corrected chi connectivity index (χ3v) is 3.01. The molecule has 0 atom stereocenters. The summed E-state index contributed by atoms with van der Waals surface area (Å²) in [6, 6.07) is 0. The van der Waals surface area contributed by atoms with E-state index in [-0.39, 0.29) is 5.59 Å². The van der Waals surface area contributed by atoms with Crippen LogP contribution in [0.15, 0.2) is 0 Å². The van der Waals surface area contributed by atoms with E-state index in [0.717, 1.165) is 0 Å². The summed E-state index contributed by atoms with van der Waals surface area (Å²) < 4.78 is 24.3. The van der Waals surface area contributed by atoms with Crippen molar-refractivity contribution in [3.8, 4) is 0 Å². The van der Waals surface area contributed by atoms with Crippen LogP contribution in [-0.2, 0) is 9.31 Å². The molecule has 7 heteroatoms. The van der Waals surface area contributed by atoms with Crippen LogP contribution in [0.3, 0.4) is 0 Å². The number of aromatic nitrogens is 3. The lowest BCUT2D eigenvalue weighted by atomic mass is 9.85. The average molecular weight is 213 g/mol. The zero-order chi connectivity index (χ0) is 11.3. The van der Waals surface area contributed by atoms with E-state index in [1.807, 2.05) is 27.7 Å². The molecule has 0 spiro atoms. The van der Waals surface area contributed by atoms with Crippen molar-refractivity contribution in [1.82, 2.24) is 15.4 Å². The Labute approximate surface area is 87.5 Å². The van der Waals surface area contributed by atoms with Crippen molar-refractivity contribution in [2.75, 3.05) is 0 Å². The topological polar surface area (TPSA) is 60.0 Å². The third kappa shape index (κ3) is 1.55. The summed E-state index contributed by atoms with van der Waals surface area (Å²) >= 11 is 0. The predicted molar refractivity (Wildman–Crippen MR) is 52.1 cm³/mol. The van der Waals surface area contributed by atoms with Crippen molar-refractivity contribution in [3.63, 3.8) is 0 Å². The molecule has 1 aromatic heterocycles. The molecule has 0 bridgehead atoms. The van der Waals surface area contributed by atoms with Crippen molar-refractivity contribution < 1.29 is 13.7 Å². The fourth-order valence-electron chi connectivity index (χ4n) is 1.33. The van der Waals surface area contributed by atoms with E-state index in [2.05, 4.69) is 15.4 Å². The van der Waals surface area contributed by atoms with Gasteiger partial charge < -0.3 is 9.31 Å². The monoisotopic (exact) mass is 213 g/mol. The Bertz CT molecular complexity index is 364. The van der Waals surface area contributed by atoms with Gasteiger partial charge in [-0.1, -0.05) is 0 Å². The minimum absolute atomic E-state index is 0.0636. The van der Waals surface area contributed by atoms with Gasteiger partial charge in [0.1, 0.15) is 5.59 Å². The first-order chi connectivity index (χ1) is 6.83. The Morgan fingerprint density at radius 3 is 2.07 bits per heavy atom. The highest BCUT2D eigenvalue weighted by Gasteiger charge is 2.53. The van der Waals surface area contributed by atoms with Crippen molar-refractivity contribution in [2.45, 2.75) is 38.9 Å². The molecule has 1 N–H and O–H groups in total. The lowest BCUT2D eigenvalue weighted by molar-refractivity contribution is 0.00578. The molecule has 1 aromatic rings. The van der Waals surface area contributed by atoms with Crippen LogP contribution in [0.25, 0.3) is 0 Å². The normalized spacial score (nSPS) is 23.4. The standard InChI is InChI=1S/C8H13BFN3O2/c1-7(2)8(3,4)15-9(14-7)5-6(10)12-13-11-5/h1-4H3,(H,11,12,13). The molecule has 1 saturated heterocycles. The summed E-state index contributed by atoms with van der Waals surface area (Å²) in [5.41, 5.74) is -0.930. The first-order valence-electron chi connectivity index (χ1n) is 4.75. The van der Waals surface area contributed by atoms with Gasteiger partial charge in [-0.25, -0.2) is 0 Å². The van der Waals surface area contributed by atoms with Crippen LogP contribution in [0.1, 0.15) is 27.7 Å². The summed E-state index contributed by atoms with van der Waals surface area (Å²) in [4.78, 5) is 0. The summed E-state index contributed by atoms with van der Waals surface area (Å²) in [6.07, 6.45) is 0. The Kier molecular flexibility index (Phi) is 2.13. The molecular weight excluding hydrogens is 200 g/mol. The Morgan fingerprint density at radius 2 is 1.67 bits per heavy atom. The molecule has 15 heavy (non-hydrogen) atoms. The van der Waals surface area contributed by atoms with Crippen LogP contribution in [0.2, 0.25) is 0 Å². The summed E-state index contributed by atoms with van der Waals surface area (Å²) in [7, 11) is -0.797. The first-order valence-corrected chi connectivity index (χ1v) is 4.75. The van der Waals surface area contributed by atoms with Crippen molar-refractivity contribution >= 4 is 12.7 Å². The van der Waals surface area contributed by atoms with Gasteiger partial charge in [-0.05, 0) is 27.7 Å². The second-order valence-electron chi connectivity index (χ2n) is 4.59. The molecule has 5 nitrogen and oxygen atoms in total. The quantitative estimate of drug-likeness (QED) is 0.679. The summed E-state index contributed by atoms with van der Waals surface area (Å²) in [5.74, 6) is -0.687. The fraction of sp³-hybridized carbons (Fsp3) is 0.750. The summed E-state index contributed by atoms with van der Waals surface area (Å²) in [6.45, 7) is 7.58. The van der Waals surface area contributed by atoms with E-state index in [4.69, 9.17) is 9.31 Å². The van der Waals surface area contributed by atoms with Gasteiger partial charge in [-0.15, -0.1) is 5.10 Å². The van der Waals surface area contributed by atoms with Crippen LogP contribution < -0.4 is 5.59 Å². The minimum atomic E-state index is -0.797. The molecule has 0 aromatic carbocycles. The van der Waals surface area contributed by atoms with Gasteiger partial charge in [0.25, 0.3) is 5.95 Å². The minimum Gasteiger partial charge on any atom is -0.398 e. The SMILES string of the molecule is CC1(C)OB(c2n[nH]nc2F)OC1(C)C. The van der Waals surface area contributed by atoms with Crippen LogP contribution in [-0.4, -0.2) is 33.7 Å². The van der Waals surface area contributed by atoms with Crippen molar-refractivity contribution in [1.29, 1.82) is 0 Å². The molecular formula is C8H13BFN3O2. The van der Waals surface area contributed by atoms with Gasteiger partial charge in [-0.3, -0.25) is 0 Å². The number of halogens is 1. The van der Waals surface area contributed by atoms with Gasteiger partial charge in [-0.2, -0.15) is 14.7 Å². The van der Waals surface area contributed by atoms with Crippen LogP contribution >= 0.6 is 0 Å². The van der Waals surface area contributed by atoms with Crippen LogP contribution in [0.4, 0.5) is 4.39 Å². The lowest BCUT2D eigenvalue weighted by Crippen LogP contribution is -2.41. The largest absolute Gasteiger partial charge is 0.521 e. The highest BCUT2D eigenvalue weighted by molar-refractivity contribution is 6.61. The van der Waals surface area contributed by atoms with E-state index in [1.165, 1.54) is 0 Å². The number of nitrogens with zero attached hydrogens (tertiary/aromatic N) is 2. The molecule has 0 amide bonds. The molecule has 1 aliphatic rings. The molecule has 0 unspecified atom stereocenters. The zero-order valence-electron chi connectivity index (χ0n) is 9.17. The number of rotatable bonds is 1. The lowest BCUT2D eigenvalue weighted by Gasteiger charge is -2.32. The second-order valence-corrected chi connectivity index (χ2v) is 4.59. The summed E-state index contributed by atoms with van der Waals surface area (Å²) in [5, 5.41) is 9.16. The third-order valence-electron chi connectivity index (χ3n) is 3.01. The predicted octanol–water partition coefficient (Wildman–Crippen LogP) is 0.243.